The first-order chi connectivity index (χ1) is 9.44. The molecule has 0 bridgehead atoms. The Kier molecular flexibility index (Phi) is 40.1. The van der Waals surface area contributed by atoms with Gasteiger partial charge in [0.2, 0.25) is 0 Å². The molecule has 0 N–H and O–H groups in total. The van der Waals surface area contributed by atoms with E-state index in [9.17, 15) is 0 Å². The maximum Gasteiger partial charge on any atom is 6.00 e. The van der Waals surface area contributed by atoms with Gasteiger partial charge < -0.3 is 86.5 Å². The molecule has 0 aromatic carbocycles. The van der Waals surface area contributed by atoms with Gasteiger partial charge in [-0.15, -0.1) is 0 Å². The fraction of sp³-hybridized carbons (Fsp3) is 0.857. The molecule has 0 unspecified atom stereocenters. The van der Waals surface area contributed by atoms with Gasteiger partial charge in [-0.1, -0.05) is 36.3 Å². The maximum atomic E-state index is 4.89. The number of rotatable bonds is 8. The van der Waals surface area contributed by atoms with Crippen LogP contribution in [0.25, 0.3) is 0 Å². The Balaban J connectivity index is -0.0000000831. The van der Waals surface area contributed by atoms with Crippen LogP contribution in [-0.2, 0) is 73.3 Å². The average Bonchev–Trinajstić information content (AvgIpc) is 2.38. The summed E-state index contributed by atoms with van der Waals surface area (Å²) in [7, 11) is 0. The number of hydrogen-bond acceptors (Lipinski definition) is 4. The molecule has 0 saturated carbocycles. The van der Waals surface area contributed by atoms with Crippen molar-refractivity contribution >= 4 is 85.3 Å². The standard InChI is InChI=1S/2C7H15NS2.Mo.2S/c2*1-3-5-8(6-4-2)7(9)10;;;/h2*3-6H2,1-2H3,(H,9,10);;;/q;;+6;2*-2/p-2. The van der Waals surface area contributed by atoms with E-state index >= 15 is 0 Å². The predicted octanol–water partition coefficient (Wildman–Crippen LogP) is 3.87. The van der Waals surface area contributed by atoms with E-state index in [2.05, 4.69) is 37.5 Å². The van der Waals surface area contributed by atoms with Crippen molar-refractivity contribution in [2.24, 2.45) is 0 Å². The van der Waals surface area contributed by atoms with Crippen molar-refractivity contribution in [1.82, 2.24) is 9.80 Å². The molecule has 0 aromatic rings. The van der Waals surface area contributed by atoms with Crippen LogP contribution in [-0.4, -0.2) is 44.6 Å². The third kappa shape index (κ3) is 23.6. The molecule has 0 atom stereocenters. The first-order valence-corrected chi connectivity index (χ1v) is 8.99. The molecule has 0 spiro atoms. The molecular formula is C14H28MoN2S6. The second-order valence-corrected chi connectivity index (χ2v) is 6.57. The zero-order chi connectivity index (χ0) is 16.0. The van der Waals surface area contributed by atoms with Gasteiger partial charge in [0, 0.05) is 26.2 Å². The second-order valence-electron chi connectivity index (χ2n) is 4.51. The van der Waals surface area contributed by atoms with Gasteiger partial charge in [-0.25, -0.2) is 0 Å². The van der Waals surface area contributed by atoms with Crippen molar-refractivity contribution in [1.29, 1.82) is 0 Å². The summed E-state index contributed by atoms with van der Waals surface area (Å²) in [4.78, 5) is 4.15. The molecule has 0 aliphatic heterocycles. The molecule has 0 fully saturated rings. The molecule has 0 aromatic heterocycles. The third-order valence-corrected chi connectivity index (χ3v) is 3.52. The van der Waals surface area contributed by atoms with Gasteiger partial charge in [0.05, 0.1) is 0 Å². The van der Waals surface area contributed by atoms with Gasteiger partial charge in [-0.2, -0.15) is 0 Å². The molecule has 0 rings (SSSR count). The van der Waals surface area contributed by atoms with Crippen LogP contribution in [0.4, 0.5) is 0 Å². The van der Waals surface area contributed by atoms with Gasteiger partial charge in [-0.3, -0.25) is 0 Å². The molecule has 0 radical (unpaired) electrons. The Morgan fingerprint density at radius 3 is 0.913 bits per heavy atom. The first-order valence-electron chi connectivity index (χ1n) is 7.36. The summed E-state index contributed by atoms with van der Waals surface area (Å²) in [6, 6.07) is 0. The van der Waals surface area contributed by atoms with Crippen LogP contribution in [0, 0.1) is 0 Å². The molecule has 0 saturated heterocycles. The van der Waals surface area contributed by atoms with Crippen molar-refractivity contribution in [2.75, 3.05) is 26.2 Å². The van der Waals surface area contributed by atoms with Crippen molar-refractivity contribution in [3.63, 3.8) is 0 Å². The van der Waals surface area contributed by atoms with Gasteiger partial charge in [0.15, 0.2) is 0 Å². The Bertz CT molecular complexity index is 232. The van der Waals surface area contributed by atoms with Crippen LogP contribution in [0.3, 0.4) is 0 Å². The summed E-state index contributed by atoms with van der Waals surface area (Å²) in [6.07, 6.45) is 4.49. The van der Waals surface area contributed by atoms with Crippen molar-refractivity contribution in [3.05, 3.63) is 0 Å². The van der Waals surface area contributed by atoms with Gasteiger partial charge in [-0.05, 0) is 25.7 Å². The summed E-state index contributed by atoms with van der Waals surface area (Å²) in [5.74, 6) is 0. The fourth-order valence-electron chi connectivity index (χ4n) is 1.67. The molecule has 9 heteroatoms. The summed E-state index contributed by atoms with van der Waals surface area (Å²) >= 11 is 19.6. The van der Waals surface area contributed by atoms with Crippen molar-refractivity contribution < 1.29 is 21.1 Å². The Labute approximate surface area is 194 Å². The quantitative estimate of drug-likeness (QED) is 0.275. The van der Waals surface area contributed by atoms with E-state index in [0.29, 0.717) is 8.64 Å². The van der Waals surface area contributed by atoms with Gasteiger partial charge in [0.1, 0.15) is 0 Å². The molecule has 2 nitrogen and oxygen atoms in total. The minimum Gasteiger partial charge on any atom is -2.00 e. The first kappa shape index (κ1) is 35.7. The van der Waals surface area contributed by atoms with E-state index in [1.165, 1.54) is 0 Å². The average molecular weight is 513 g/mol. The minimum absolute atomic E-state index is 0. The molecule has 0 amide bonds. The molecule has 23 heavy (non-hydrogen) atoms. The molecule has 0 heterocycles. The molecular weight excluding hydrogens is 485 g/mol. The molecule has 136 valence electrons. The van der Waals surface area contributed by atoms with Crippen LogP contribution in [0.15, 0.2) is 0 Å². The monoisotopic (exact) mass is 514 g/mol. The van der Waals surface area contributed by atoms with Crippen LogP contribution >= 0.6 is 24.4 Å². The zero-order valence-corrected chi connectivity index (χ0v) is 21.3. The van der Waals surface area contributed by atoms with Crippen LogP contribution in [0.1, 0.15) is 53.4 Å². The summed E-state index contributed by atoms with van der Waals surface area (Å²) in [5.41, 5.74) is 0. The third-order valence-electron chi connectivity index (χ3n) is 2.49. The van der Waals surface area contributed by atoms with E-state index in [1.54, 1.807) is 0 Å². The molecule has 0 aliphatic rings. The van der Waals surface area contributed by atoms with Crippen molar-refractivity contribution in [2.45, 2.75) is 53.4 Å². The topological polar surface area (TPSA) is 6.48 Å². The number of hydrogen-bond donors (Lipinski definition) is 0. The number of nitrogens with zero attached hydrogens (tertiary/aromatic N) is 2. The van der Waals surface area contributed by atoms with Crippen molar-refractivity contribution in [3.8, 4) is 0 Å². The smallest absolute Gasteiger partial charge is 2.00 e. The minimum atomic E-state index is 0. The fourth-order valence-corrected chi connectivity index (χ4v) is 2.40. The number of thiocarbonyl (C=S) groups is 2. The van der Waals surface area contributed by atoms with Crippen LogP contribution in [0.5, 0.6) is 0 Å². The van der Waals surface area contributed by atoms with E-state index in [1.807, 2.05) is 0 Å². The molecule has 0 aliphatic carbocycles. The summed E-state index contributed by atoms with van der Waals surface area (Å²) < 4.78 is 1.23. The normalized spacial score (nSPS) is 8.17. The zero-order valence-electron chi connectivity index (χ0n) is 14.4. The van der Waals surface area contributed by atoms with Gasteiger partial charge in [0.25, 0.3) is 0 Å². The Morgan fingerprint density at radius 1 is 0.652 bits per heavy atom. The Hall–Kier alpha value is 1.61. The summed E-state index contributed by atoms with van der Waals surface area (Å²) in [6.45, 7) is 12.6. The van der Waals surface area contributed by atoms with E-state index in [-0.39, 0.29) is 48.1 Å². The Morgan fingerprint density at radius 2 is 0.826 bits per heavy atom. The van der Waals surface area contributed by atoms with E-state index in [4.69, 9.17) is 49.7 Å². The van der Waals surface area contributed by atoms with E-state index in [0.717, 1.165) is 51.9 Å². The SMILES string of the molecule is CCCN(CCC)C(=S)[S-].CCCN(CCC)C(=S)[S-].[Mo+6].[S-2].[S-2]. The van der Waals surface area contributed by atoms with Gasteiger partial charge >= 0.3 is 21.1 Å². The van der Waals surface area contributed by atoms with Crippen LogP contribution in [0.2, 0.25) is 0 Å². The maximum absolute atomic E-state index is 4.89. The second kappa shape index (κ2) is 25.8. The van der Waals surface area contributed by atoms with E-state index < -0.39 is 0 Å². The largest absolute Gasteiger partial charge is 6.00 e. The summed E-state index contributed by atoms with van der Waals surface area (Å²) in [5, 5.41) is 0. The van der Waals surface area contributed by atoms with Crippen LogP contribution < -0.4 is 0 Å². The predicted molar refractivity (Wildman–Crippen MR) is 119 cm³/mol.